The van der Waals surface area contributed by atoms with Crippen molar-refractivity contribution in [1.82, 2.24) is 25.5 Å². The Labute approximate surface area is 192 Å². The van der Waals surface area contributed by atoms with Gasteiger partial charge in [-0.3, -0.25) is 9.59 Å². The molecule has 2 N–H and O–H groups in total. The van der Waals surface area contributed by atoms with Gasteiger partial charge in [-0.25, -0.2) is 0 Å². The van der Waals surface area contributed by atoms with E-state index in [1.165, 1.54) is 11.2 Å². The van der Waals surface area contributed by atoms with Crippen molar-refractivity contribution in [3.05, 3.63) is 54.1 Å². The van der Waals surface area contributed by atoms with Crippen LogP contribution in [0.25, 0.3) is 11.4 Å². The minimum Gasteiger partial charge on any atom is -0.497 e. The van der Waals surface area contributed by atoms with E-state index in [1.54, 1.807) is 55.6 Å². The van der Waals surface area contributed by atoms with Crippen LogP contribution in [0.2, 0.25) is 0 Å². The fourth-order valence-corrected chi connectivity index (χ4v) is 4.01. The number of benzene rings is 2. The average molecular weight is 449 g/mol. The third-order valence-corrected chi connectivity index (χ3v) is 5.93. The van der Waals surface area contributed by atoms with Crippen molar-refractivity contribution in [2.24, 2.45) is 5.92 Å². The van der Waals surface area contributed by atoms with Crippen LogP contribution in [0.4, 0.5) is 5.69 Å². The summed E-state index contributed by atoms with van der Waals surface area (Å²) in [7, 11) is 1.56. The standard InChI is InChI=1S/C24H28N6O3/c1-16-6-3-4-9-21(16)26-22(31)15-30-28-23(27-29-30)17-10-12-19(13-11-17)25-24(32)18-7-5-8-20(14-18)33-2/h5,7-8,10-14,16,21H,3-4,6,9,15H2,1-2H3,(H,25,32)(H,26,31)/t16-,21-/m0/s1. The molecule has 1 aromatic heterocycles. The number of amides is 2. The predicted molar refractivity (Wildman–Crippen MR) is 124 cm³/mol. The molecule has 172 valence electrons. The van der Waals surface area contributed by atoms with Crippen LogP contribution in [0.15, 0.2) is 48.5 Å². The maximum atomic E-state index is 12.5. The van der Waals surface area contributed by atoms with Crippen LogP contribution in [0, 0.1) is 5.92 Å². The van der Waals surface area contributed by atoms with Gasteiger partial charge in [-0.05, 0) is 66.4 Å². The maximum absolute atomic E-state index is 12.5. The number of tetrazole rings is 1. The molecule has 0 saturated heterocycles. The minimum atomic E-state index is -0.232. The summed E-state index contributed by atoms with van der Waals surface area (Å²) in [6.07, 6.45) is 4.54. The fourth-order valence-electron chi connectivity index (χ4n) is 4.01. The van der Waals surface area contributed by atoms with Gasteiger partial charge in [0.25, 0.3) is 5.91 Å². The van der Waals surface area contributed by atoms with Crippen molar-refractivity contribution in [3.8, 4) is 17.1 Å². The minimum absolute atomic E-state index is 0.0326. The van der Waals surface area contributed by atoms with Gasteiger partial charge in [0.2, 0.25) is 11.7 Å². The summed E-state index contributed by atoms with van der Waals surface area (Å²) in [4.78, 5) is 26.2. The lowest BCUT2D eigenvalue weighted by Gasteiger charge is -2.29. The second-order valence-electron chi connectivity index (χ2n) is 8.34. The Bertz CT molecular complexity index is 1110. The molecule has 3 aromatic rings. The van der Waals surface area contributed by atoms with Crippen molar-refractivity contribution in [3.63, 3.8) is 0 Å². The third-order valence-electron chi connectivity index (χ3n) is 5.93. The first kappa shape index (κ1) is 22.4. The van der Waals surface area contributed by atoms with Crippen LogP contribution in [0.1, 0.15) is 43.0 Å². The molecule has 2 atom stereocenters. The molecule has 0 radical (unpaired) electrons. The molecule has 1 aliphatic rings. The normalized spacial score (nSPS) is 17.9. The lowest BCUT2D eigenvalue weighted by Crippen LogP contribution is -2.42. The van der Waals surface area contributed by atoms with Gasteiger partial charge < -0.3 is 15.4 Å². The summed E-state index contributed by atoms with van der Waals surface area (Å²) in [6.45, 7) is 2.21. The Balaban J connectivity index is 1.34. The van der Waals surface area contributed by atoms with E-state index < -0.39 is 0 Å². The Morgan fingerprint density at radius 1 is 1.12 bits per heavy atom. The average Bonchev–Trinajstić information content (AvgIpc) is 3.29. The largest absolute Gasteiger partial charge is 0.497 e. The van der Waals surface area contributed by atoms with Crippen molar-refractivity contribution >= 4 is 17.5 Å². The van der Waals surface area contributed by atoms with Crippen molar-refractivity contribution < 1.29 is 14.3 Å². The maximum Gasteiger partial charge on any atom is 0.255 e. The van der Waals surface area contributed by atoms with E-state index in [-0.39, 0.29) is 24.4 Å². The topological polar surface area (TPSA) is 111 Å². The molecule has 1 aliphatic carbocycles. The van der Waals surface area contributed by atoms with Gasteiger partial charge in [0.15, 0.2) is 0 Å². The van der Waals surface area contributed by atoms with Gasteiger partial charge >= 0.3 is 0 Å². The van der Waals surface area contributed by atoms with Crippen LogP contribution in [-0.4, -0.2) is 45.2 Å². The first-order valence-electron chi connectivity index (χ1n) is 11.1. The van der Waals surface area contributed by atoms with E-state index >= 15 is 0 Å². The zero-order chi connectivity index (χ0) is 23.2. The monoisotopic (exact) mass is 448 g/mol. The first-order chi connectivity index (χ1) is 16.0. The predicted octanol–water partition coefficient (Wildman–Crippen LogP) is 3.30. The van der Waals surface area contributed by atoms with Crippen LogP contribution >= 0.6 is 0 Å². The lowest BCUT2D eigenvalue weighted by molar-refractivity contribution is -0.123. The number of hydrogen-bond acceptors (Lipinski definition) is 6. The number of nitrogens with zero attached hydrogens (tertiary/aromatic N) is 4. The second-order valence-corrected chi connectivity index (χ2v) is 8.34. The van der Waals surface area contributed by atoms with E-state index in [4.69, 9.17) is 4.74 Å². The SMILES string of the molecule is COc1cccc(C(=O)Nc2ccc(-c3nnn(CC(=O)N[C@H]4CCCC[C@@H]4C)n3)cc2)c1. The van der Waals surface area contributed by atoms with Crippen LogP contribution in [0.5, 0.6) is 5.75 Å². The van der Waals surface area contributed by atoms with Crippen LogP contribution in [-0.2, 0) is 11.3 Å². The van der Waals surface area contributed by atoms with Gasteiger partial charge in [-0.2, -0.15) is 4.80 Å². The van der Waals surface area contributed by atoms with Gasteiger partial charge in [-0.15, -0.1) is 10.2 Å². The zero-order valence-electron chi connectivity index (χ0n) is 18.8. The number of rotatable bonds is 7. The number of aromatic nitrogens is 4. The number of carbonyl (C=O) groups is 2. The smallest absolute Gasteiger partial charge is 0.255 e. The molecule has 0 unspecified atom stereocenters. The molecule has 1 saturated carbocycles. The lowest BCUT2D eigenvalue weighted by atomic mass is 9.86. The molecule has 4 rings (SSSR count). The highest BCUT2D eigenvalue weighted by atomic mass is 16.5. The summed E-state index contributed by atoms with van der Waals surface area (Å²) in [5.41, 5.74) is 1.88. The highest BCUT2D eigenvalue weighted by molar-refractivity contribution is 6.04. The molecule has 9 heteroatoms. The molecule has 0 bridgehead atoms. The van der Waals surface area contributed by atoms with Gasteiger partial charge in [-0.1, -0.05) is 25.8 Å². The number of nitrogens with one attached hydrogen (secondary N) is 2. The third kappa shape index (κ3) is 5.74. The Morgan fingerprint density at radius 3 is 2.67 bits per heavy atom. The van der Waals surface area contributed by atoms with Crippen LogP contribution in [0.3, 0.4) is 0 Å². The number of ether oxygens (including phenoxy) is 1. The van der Waals surface area contributed by atoms with E-state index in [2.05, 4.69) is 33.0 Å². The Hall–Kier alpha value is -3.75. The summed E-state index contributed by atoms with van der Waals surface area (Å²) < 4.78 is 5.16. The molecule has 1 heterocycles. The van der Waals surface area contributed by atoms with E-state index in [9.17, 15) is 9.59 Å². The van der Waals surface area contributed by atoms with E-state index in [1.807, 2.05) is 0 Å². The molecule has 1 fully saturated rings. The zero-order valence-corrected chi connectivity index (χ0v) is 18.8. The summed E-state index contributed by atoms with van der Waals surface area (Å²) in [5.74, 6) is 1.19. The first-order valence-corrected chi connectivity index (χ1v) is 11.1. The number of hydrogen-bond donors (Lipinski definition) is 2. The second kappa shape index (κ2) is 10.2. The number of carbonyl (C=O) groups excluding carboxylic acids is 2. The summed E-state index contributed by atoms with van der Waals surface area (Å²) in [5, 5.41) is 18.3. The fraction of sp³-hybridized carbons (Fsp3) is 0.375. The van der Waals surface area contributed by atoms with Crippen molar-refractivity contribution in [1.29, 1.82) is 0 Å². The van der Waals surface area contributed by atoms with Gasteiger partial charge in [0.05, 0.1) is 7.11 Å². The number of methoxy groups -OCH3 is 1. The molecule has 0 aliphatic heterocycles. The quantitative estimate of drug-likeness (QED) is 0.574. The van der Waals surface area contributed by atoms with Gasteiger partial charge in [0, 0.05) is 22.9 Å². The van der Waals surface area contributed by atoms with Crippen molar-refractivity contribution in [2.75, 3.05) is 12.4 Å². The Kier molecular flexibility index (Phi) is 6.97. The van der Waals surface area contributed by atoms with Gasteiger partial charge in [0.1, 0.15) is 12.3 Å². The molecular weight excluding hydrogens is 420 g/mol. The van der Waals surface area contributed by atoms with Crippen LogP contribution < -0.4 is 15.4 Å². The molecule has 9 nitrogen and oxygen atoms in total. The highest BCUT2D eigenvalue weighted by Crippen LogP contribution is 2.23. The van der Waals surface area contributed by atoms with E-state index in [0.29, 0.717) is 28.7 Å². The summed E-state index contributed by atoms with van der Waals surface area (Å²) in [6, 6.07) is 14.3. The summed E-state index contributed by atoms with van der Waals surface area (Å²) >= 11 is 0. The molecule has 33 heavy (non-hydrogen) atoms. The Morgan fingerprint density at radius 2 is 1.91 bits per heavy atom. The molecule has 2 amide bonds. The molecule has 2 aromatic carbocycles. The highest BCUT2D eigenvalue weighted by Gasteiger charge is 2.23. The molecule has 0 spiro atoms. The van der Waals surface area contributed by atoms with E-state index in [0.717, 1.165) is 24.8 Å². The molecular formula is C24H28N6O3. The van der Waals surface area contributed by atoms with Crippen molar-refractivity contribution in [2.45, 2.75) is 45.2 Å². The number of anilines is 1.